The Morgan fingerprint density at radius 2 is 1.77 bits per heavy atom. The van der Waals surface area contributed by atoms with Gasteiger partial charge in [-0.25, -0.2) is 0 Å². The molecule has 0 saturated carbocycles. The van der Waals surface area contributed by atoms with Gasteiger partial charge in [0, 0.05) is 38.0 Å². The number of carbonyl (C=O) groups excluding carboxylic acids is 2. The molecule has 162 valence electrons. The van der Waals surface area contributed by atoms with Gasteiger partial charge in [-0.2, -0.15) is 0 Å². The number of anilines is 2. The lowest BCUT2D eigenvalue weighted by molar-refractivity contribution is -0.128. The van der Waals surface area contributed by atoms with Gasteiger partial charge in [0.1, 0.15) is 5.75 Å². The Balaban J connectivity index is 1.77. The minimum absolute atomic E-state index is 0.114. The summed E-state index contributed by atoms with van der Waals surface area (Å²) < 4.78 is 5.74. The summed E-state index contributed by atoms with van der Waals surface area (Å²) in [6.45, 7) is 5.15. The molecule has 2 N–H and O–H groups in total. The smallest absolute Gasteiger partial charge is 0.243 e. The summed E-state index contributed by atoms with van der Waals surface area (Å²) in [5.74, 6) is 1.33. The van der Waals surface area contributed by atoms with E-state index in [0.717, 1.165) is 23.4 Å². The first-order valence-corrected chi connectivity index (χ1v) is 10.4. The highest BCUT2D eigenvalue weighted by atomic mass is 16.5. The lowest BCUT2D eigenvalue weighted by Crippen LogP contribution is -2.22. The highest BCUT2D eigenvalue weighted by Gasteiger charge is 2.06. The minimum Gasteiger partial charge on any atom is -0.494 e. The van der Waals surface area contributed by atoms with Crippen LogP contribution >= 0.6 is 0 Å². The van der Waals surface area contributed by atoms with E-state index in [1.165, 1.54) is 0 Å². The molecule has 2 aromatic rings. The molecule has 0 aliphatic carbocycles. The van der Waals surface area contributed by atoms with Crippen LogP contribution < -0.4 is 15.4 Å². The molecule has 6 heteroatoms. The summed E-state index contributed by atoms with van der Waals surface area (Å²) in [6, 6.07) is 15.2. The van der Waals surface area contributed by atoms with Crippen molar-refractivity contribution in [3.8, 4) is 5.75 Å². The number of aryl methyl sites for hydroxylation is 1. The maximum Gasteiger partial charge on any atom is 0.243 e. The van der Waals surface area contributed by atoms with E-state index in [0.29, 0.717) is 31.1 Å². The van der Waals surface area contributed by atoms with Gasteiger partial charge in [0.05, 0.1) is 13.2 Å². The first kappa shape index (κ1) is 23.3. The fourth-order valence-electron chi connectivity index (χ4n) is 2.73. The van der Waals surface area contributed by atoms with Gasteiger partial charge in [-0.05, 0) is 48.6 Å². The van der Waals surface area contributed by atoms with Gasteiger partial charge in [0.15, 0.2) is 0 Å². The summed E-state index contributed by atoms with van der Waals surface area (Å²) in [5.41, 5.74) is 2.66. The molecule has 30 heavy (non-hydrogen) atoms. The molecule has 0 unspecified atom stereocenters. The van der Waals surface area contributed by atoms with Gasteiger partial charge < -0.3 is 20.3 Å². The Labute approximate surface area is 179 Å². The number of nitrogens with zero attached hydrogens (tertiary/aromatic N) is 1. The number of ether oxygens (including phenoxy) is 1. The Morgan fingerprint density at radius 3 is 2.43 bits per heavy atom. The molecule has 0 radical (unpaired) electrons. The average Bonchev–Trinajstić information content (AvgIpc) is 2.71. The second kappa shape index (κ2) is 11.9. The lowest BCUT2D eigenvalue weighted by atomic mass is 10.1. The van der Waals surface area contributed by atoms with Crippen molar-refractivity contribution in [1.82, 2.24) is 4.90 Å². The van der Waals surface area contributed by atoms with E-state index in [2.05, 4.69) is 24.5 Å². The predicted molar refractivity (Wildman–Crippen MR) is 122 cm³/mol. The van der Waals surface area contributed by atoms with Crippen molar-refractivity contribution in [1.29, 1.82) is 0 Å². The second-order valence-corrected chi connectivity index (χ2v) is 7.95. The number of hydrogen-bond acceptors (Lipinski definition) is 4. The van der Waals surface area contributed by atoms with Crippen LogP contribution in [-0.4, -0.2) is 44.0 Å². The summed E-state index contributed by atoms with van der Waals surface area (Å²) >= 11 is 0. The molecule has 0 aliphatic rings. The Morgan fingerprint density at radius 1 is 1.03 bits per heavy atom. The maximum absolute atomic E-state index is 12.3. The van der Waals surface area contributed by atoms with Gasteiger partial charge >= 0.3 is 0 Å². The number of amides is 2. The number of hydrogen-bond donors (Lipinski definition) is 2. The monoisotopic (exact) mass is 411 g/mol. The van der Waals surface area contributed by atoms with Gasteiger partial charge in [0.2, 0.25) is 11.8 Å². The number of rotatable bonds is 11. The molecule has 6 nitrogen and oxygen atoms in total. The van der Waals surface area contributed by atoms with Crippen molar-refractivity contribution in [2.24, 2.45) is 5.92 Å². The summed E-state index contributed by atoms with van der Waals surface area (Å²) in [5, 5.41) is 6.00. The fraction of sp³-hybridized carbons (Fsp3) is 0.417. The van der Waals surface area contributed by atoms with Crippen LogP contribution in [0.1, 0.15) is 32.3 Å². The predicted octanol–water partition coefficient (Wildman–Crippen LogP) is 4.18. The normalized spacial score (nSPS) is 10.6. The fourth-order valence-corrected chi connectivity index (χ4v) is 2.73. The summed E-state index contributed by atoms with van der Waals surface area (Å²) in [4.78, 5) is 25.5. The molecule has 0 heterocycles. The third kappa shape index (κ3) is 8.55. The highest BCUT2D eigenvalue weighted by Crippen LogP contribution is 2.18. The molecule has 0 bridgehead atoms. The zero-order valence-electron chi connectivity index (χ0n) is 18.4. The largest absolute Gasteiger partial charge is 0.494 e. The van der Waals surface area contributed by atoms with Crippen molar-refractivity contribution in [3.05, 3.63) is 54.1 Å². The van der Waals surface area contributed by atoms with Gasteiger partial charge in [-0.1, -0.05) is 32.0 Å². The van der Waals surface area contributed by atoms with E-state index >= 15 is 0 Å². The Hall–Kier alpha value is -3.02. The van der Waals surface area contributed by atoms with Crippen LogP contribution in [0.4, 0.5) is 11.4 Å². The number of benzene rings is 2. The molecule has 2 rings (SSSR count). The van der Waals surface area contributed by atoms with Crippen molar-refractivity contribution >= 4 is 23.2 Å². The van der Waals surface area contributed by atoms with E-state index in [-0.39, 0.29) is 18.4 Å². The molecule has 0 aromatic heterocycles. The van der Waals surface area contributed by atoms with E-state index in [1.54, 1.807) is 19.0 Å². The lowest BCUT2D eigenvalue weighted by Gasteiger charge is -2.12. The topological polar surface area (TPSA) is 70.7 Å². The standard InChI is InChI=1S/C24H33N3O3/c1-18(2)14-15-30-22-7-5-6-21(16-22)26-23(28)17-25-20-11-8-19(9-12-20)10-13-24(29)27(3)4/h5-9,11-12,16,18,25H,10,13-15,17H2,1-4H3,(H,26,28). The molecule has 0 fully saturated rings. The minimum atomic E-state index is -0.130. The summed E-state index contributed by atoms with van der Waals surface area (Å²) in [7, 11) is 3.52. The van der Waals surface area contributed by atoms with Crippen LogP contribution in [-0.2, 0) is 16.0 Å². The van der Waals surface area contributed by atoms with Gasteiger partial charge in [0.25, 0.3) is 0 Å². The van der Waals surface area contributed by atoms with Crippen molar-refractivity contribution in [2.45, 2.75) is 33.1 Å². The van der Waals surface area contributed by atoms with Crippen molar-refractivity contribution < 1.29 is 14.3 Å². The zero-order chi connectivity index (χ0) is 21.9. The van der Waals surface area contributed by atoms with E-state index in [9.17, 15) is 9.59 Å². The molecular weight excluding hydrogens is 378 g/mol. The van der Waals surface area contributed by atoms with E-state index < -0.39 is 0 Å². The Kier molecular flexibility index (Phi) is 9.19. The van der Waals surface area contributed by atoms with Crippen molar-refractivity contribution in [2.75, 3.05) is 37.9 Å². The van der Waals surface area contributed by atoms with Crippen LogP contribution in [0.3, 0.4) is 0 Å². The van der Waals surface area contributed by atoms with E-state index in [1.807, 2.05) is 48.5 Å². The van der Waals surface area contributed by atoms with Crippen LogP contribution in [0.25, 0.3) is 0 Å². The number of carbonyl (C=O) groups is 2. The molecule has 0 spiro atoms. The number of nitrogens with one attached hydrogen (secondary N) is 2. The third-order valence-electron chi connectivity index (χ3n) is 4.62. The summed E-state index contributed by atoms with van der Waals surface area (Å²) in [6.07, 6.45) is 2.18. The SMILES string of the molecule is CC(C)CCOc1cccc(NC(=O)CNc2ccc(CCC(=O)N(C)C)cc2)c1. The molecule has 2 aromatic carbocycles. The van der Waals surface area contributed by atoms with Crippen LogP contribution in [0, 0.1) is 5.92 Å². The molecular formula is C24H33N3O3. The van der Waals surface area contributed by atoms with Gasteiger partial charge in [-0.3, -0.25) is 9.59 Å². The average molecular weight is 412 g/mol. The molecule has 0 atom stereocenters. The van der Waals surface area contributed by atoms with Gasteiger partial charge in [-0.15, -0.1) is 0 Å². The highest BCUT2D eigenvalue weighted by molar-refractivity contribution is 5.93. The molecule has 0 aliphatic heterocycles. The zero-order valence-corrected chi connectivity index (χ0v) is 18.4. The maximum atomic E-state index is 12.3. The first-order chi connectivity index (χ1) is 14.3. The quantitative estimate of drug-likeness (QED) is 0.582. The second-order valence-electron chi connectivity index (χ2n) is 7.95. The third-order valence-corrected chi connectivity index (χ3v) is 4.62. The molecule has 0 saturated heterocycles. The van der Waals surface area contributed by atoms with Crippen LogP contribution in [0.2, 0.25) is 0 Å². The molecule has 2 amide bonds. The van der Waals surface area contributed by atoms with Crippen LogP contribution in [0.15, 0.2) is 48.5 Å². The van der Waals surface area contributed by atoms with Crippen molar-refractivity contribution in [3.63, 3.8) is 0 Å². The first-order valence-electron chi connectivity index (χ1n) is 10.4. The van der Waals surface area contributed by atoms with Crippen LogP contribution in [0.5, 0.6) is 5.75 Å². The van der Waals surface area contributed by atoms with E-state index in [4.69, 9.17) is 4.74 Å². The Bertz CT molecular complexity index is 817.